The second-order valence-electron chi connectivity index (χ2n) is 3.26. The van der Waals surface area contributed by atoms with Crippen molar-refractivity contribution in [3.8, 4) is 11.3 Å². The first-order chi connectivity index (χ1) is 8.04. The van der Waals surface area contributed by atoms with Gasteiger partial charge in [-0.05, 0) is 11.5 Å². The number of carbonyl (C=O) groups excluding carboxylic acids is 1. The van der Waals surface area contributed by atoms with Gasteiger partial charge in [-0.3, -0.25) is 4.79 Å². The molecule has 17 heavy (non-hydrogen) atoms. The Morgan fingerprint density at radius 2 is 1.82 bits per heavy atom. The lowest BCUT2D eigenvalue weighted by atomic mass is 10.1. The number of halogens is 3. The third-order valence-corrected chi connectivity index (χ3v) is 3.06. The highest BCUT2D eigenvalue weighted by Gasteiger charge is 2.37. The van der Waals surface area contributed by atoms with E-state index in [9.17, 15) is 18.0 Å². The number of carbonyl (C=O) groups is 1. The van der Waals surface area contributed by atoms with Crippen LogP contribution in [0.1, 0.15) is 15.2 Å². The van der Waals surface area contributed by atoms with Gasteiger partial charge in [0, 0.05) is 5.56 Å². The lowest BCUT2D eigenvalue weighted by molar-refractivity contribution is -0.134. The monoisotopic (exact) mass is 257 g/mol. The molecule has 0 radical (unpaired) electrons. The van der Waals surface area contributed by atoms with E-state index < -0.39 is 16.6 Å². The van der Waals surface area contributed by atoms with Crippen LogP contribution in [0, 0.1) is 0 Å². The van der Waals surface area contributed by atoms with Gasteiger partial charge < -0.3 is 0 Å². The number of hydrogen-bond acceptors (Lipinski definition) is 3. The molecule has 2 rings (SSSR count). The van der Waals surface area contributed by atoms with E-state index in [4.69, 9.17) is 0 Å². The van der Waals surface area contributed by atoms with Gasteiger partial charge >= 0.3 is 6.18 Å². The van der Waals surface area contributed by atoms with Crippen molar-refractivity contribution in [3.05, 3.63) is 40.8 Å². The van der Waals surface area contributed by atoms with Crippen molar-refractivity contribution >= 4 is 17.8 Å². The molecule has 0 unspecified atom stereocenters. The normalized spacial score (nSPS) is 11.5. The summed E-state index contributed by atoms with van der Waals surface area (Å²) in [5.74, 6) is 0. The van der Waals surface area contributed by atoms with Crippen molar-refractivity contribution in [2.24, 2.45) is 0 Å². The van der Waals surface area contributed by atoms with Crippen LogP contribution in [0.2, 0.25) is 0 Å². The molecule has 0 aliphatic carbocycles. The van der Waals surface area contributed by atoms with Crippen LogP contribution < -0.4 is 0 Å². The molecule has 0 N–H and O–H groups in total. The van der Waals surface area contributed by atoms with Gasteiger partial charge in [0.05, 0.1) is 11.3 Å². The molecule has 2 aromatic rings. The van der Waals surface area contributed by atoms with E-state index in [2.05, 4.69) is 4.37 Å². The average Bonchev–Trinajstić information content (AvgIpc) is 2.73. The Bertz CT molecular complexity index is 533. The van der Waals surface area contributed by atoms with E-state index in [0.717, 1.165) is 0 Å². The minimum atomic E-state index is -4.54. The van der Waals surface area contributed by atoms with E-state index in [1.165, 1.54) is 0 Å². The highest BCUT2D eigenvalue weighted by Crippen LogP contribution is 2.38. The van der Waals surface area contributed by atoms with Crippen molar-refractivity contribution in [1.29, 1.82) is 0 Å². The summed E-state index contributed by atoms with van der Waals surface area (Å²) in [7, 11) is 0. The molecule has 2 nitrogen and oxygen atoms in total. The Morgan fingerprint density at radius 1 is 1.18 bits per heavy atom. The topological polar surface area (TPSA) is 30.0 Å². The summed E-state index contributed by atoms with van der Waals surface area (Å²) in [5.41, 5.74) is 0.188. The average molecular weight is 257 g/mol. The zero-order valence-electron chi connectivity index (χ0n) is 8.36. The molecule has 0 aliphatic heterocycles. The van der Waals surface area contributed by atoms with Gasteiger partial charge in [0.1, 0.15) is 4.88 Å². The fourth-order valence-electron chi connectivity index (χ4n) is 1.42. The van der Waals surface area contributed by atoms with Crippen LogP contribution in [0.4, 0.5) is 13.2 Å². The summed E-state index contributed by atoms with van der Waals surface area (Å²) in [6.07, 6.45) is -4.34. The Kier molecular flexibility index (Phi) is 2.97. The van der Waals surface area contributed by atoms with Crippen LogP contribution in [0.5, 0.6) is 0 Å². The summed E-state index contributed by atoms with van der Waals surface area (Å²) in [6.45, 7) is 0. The summed E-state index contributed by atoms with van der Waals surface area (Å²) in [5, 5.41) is 0. The number of hydrogen-bond donors (Lipinski definition) is 0. The standard InChI is InChI=1S/C11H6F3NOS/c12-11(13,14)10-8(6-16)9(15-17-10)7-4-2-1-3-5-7/h1-6H. The lowest BCUT2D eigenvalue weighted by Crippen LogP contribution is -2.05. The first-order valence-electron chi connectivity index (χ1n) is 4.61. The van der Waals surface area contributed by atoms with Crippen molar-refractivity contribution < 1.29 is 18.0 Å². The Labute approximate surface area is 98.9 Å². The van der Waals surface area contributed by atoms with Crippen LogP contribution in [-0.4, -0.2) is 10.7 Å². The fourth-order valence-corrected chi connectivity index (χ4v) is 2.15. The molecule has 0 bridgehead atoms. The molecule has 0 aliphatic rings. The number of aldehydes is 1. The summed E-state index contributed by atoms with van der Waals surface area (Å²) in [6, 6.07) is 8.32. The number of aromatic nitrogens is 1. The summed E-state index contributed by atoms with van der Waals surface area (Å²) < 4.78 is 41.4. The predicted molar refractivity (Wildman–Crippen MR) is 57.9 cm³/mol. The fraction of sp³-hybridized carbons (Fsp3) is 0.0909. The number of alkyl halides is 3. The SMILES string of the molecule is O=Cc1c(-c2ccccc2)nsc1C(F)(F)F. The second-order valence-corrected chi connectivity index (χ2v) is 4.03. The van der Waals surface area contributed by atoms with Gasteiger partial charge in [0.25, 0.3) is 0 Å². The van der Waals surface area contributed by atoms with Gasteiger partial charge in [0.15, 0.2) is 6.29 Å². The Hall–Kier alpha value is -1.69. The van der Waals surface area contributed by atoms with E-state index in [-0.39, 0.29) is 12.0 Å². The first kappa shape index (κ1) is 11.8. The molecule has 0 fully saturated rings. The van der Waals surface area contributed by atoms with Crippen molar-refractivity contribution in [2.75, 3.05) is 0 Å². The van der Waals surface area contributed by atoms with E-state index >= 15 is 0 Å². The molecular formula is C11H6F3NOS. The zero-order chi connectivity index (χ0) is 12.5. The van der Waals surface area contributed by atoms with Crippen LogP contribution in [-0.2, 0) is 6.18 Å². The van der Waals surface area contributed by atoms with Crippen molar-refractivity contribution in [2.45, 2.75) is 6.18 Å². The third kappa shape index (κ3) is 2.21. The molecule has 6 heteroatoms. The molecule has 0 saturated carbocycles. The summed E-state index contributed by atoms with van der Waals surface area (Å²) in [4.78, 5) is 9.84. The van der Waals surface area contributed by atoms with Crippen LogP contribution in [0.25, 0.3) is 11.3 Å². The number of benzene rings is 1. The molecule has 0 atom stereocenters. The highest BCUT2D eigenvalue weighted by molar-refractivity contribution is 7.06. The maximum atomic E-state index is 12.6. The zero-order valence-corrected chi connectivity index (χ0v) is 9.18. The van der Waals surface area contributed by atoms with Gasteiger partial charge in [0.2, 0.25) is 0 Å². The van der Waals surface area contributed by atoms with E-state index in [1.54, 1.807) is 30.3 Å². The van der Waals surface area contributed by atoms with Gasteiger partial charge in [-0.2, -0.15) is 17.5 Å². The van der Waals surface area contributed by atoms with Gasteiger partial charge in [-0.15, -0.1) is 0 Å². The molecule has 0 amide bonds. The lowest BCUT2D eigenvalue weighted by Gasteiger charge is -2.03. The Morgan fingerprint density at radius 3 is 2.35 bits per heavy atom. The van der Waals surface area contributed by atoms with Crippen molar-refractivity contribution in [1.82, 2.24) is 4.37 Å². The van der Waals surface area contributed by atoms with Crippen LogP contribution in [0.15, 0.2) is 30.3 Å². The Balaban J connectivity index is 2.58. The second kappa shape index (κ2) is 4.29. The first-order valence-corrected chi connectivity index (χ1v) is 5.39. The number of nitrogens with zero attached hydrogens (tertiary/aromatic N) is 1. The molecule has 1 aromatic heterocycles. The minimum absolute atomic E-state index is 0.0814. The molecular weight excluding hydrogens is 251 g/mol. The van der Waals surface area contributed by atoms with Crippen molar-refractivity contribution in [3.63, 3.8) is 0 Å². The smallest absolute Gasteiger partial charge is 0.298 e. The highest BCUT2D eigenvalue weighted by atomic mass is 32.1. The maximum Gasteiger partial charge on any atom is 0.427 e. The third-order valence-electron chi connectivity index (χ3n) is 2.15. The van der Waals surface area contributed by atoms with Crippen LogP contribution in [0.3, 0.4) is 0 Å². The van der Waals surface area contributed by atoms with Crippen LogP contribution >= 0.6 is 11.5 Å². The van der Waals surface area contributed by atoms with Gasteiger partial charge in [-0.1, -0.05) is 30.3 Å². The molecule has 88 valence electrons. The molecule has 1 heterocycles. The van der Waals surface area contributed by atoms with E-state index in [0.29, 0.717) is 17.1 Å². The molecule has 0 spiro atoms. The maximum absolute atomic E-state index is 12.6. The largest absolute Gasteiger partial charge is 0.427 e. The van der Waals surface area contributed by atoms with Gasteiger partial charge in [-0.25, -0.2) is 0 Å². The predicted octanol–water partition coefficient (Wildman–Crippen LogP) is 3.64. The summed E-state index contributed by atoms with van der Waals surface area (Å²) >= 11 is 0.296. The molecule has 1 aromatic carbocycles. The van der Waals surface area contributed by atoms with E-state index in [1.807, 2.05) is 0 Å². The number of rotatable bonds is 2. The quantitative estimate of drug-likeness (QED) is 0.769. The molecule has 0 saturated heterocycles. The minimum Gasteiger partial charge on any atom is -0.298 e.